The van der Waals surface area contributed by atoms with Gasteiger partial charge in [-0.1, -0.05) is 12.7 Å². The summed E-state index contributed by atoms with van der Waals surface area (Å²) in [7, 11) is 0. The van der Waals surface area contributed by atoms with Gasteiger partial charge >= 0.3 is 5.69 Å². The fourth-order valence-electron chi connectivity index (χ4n) is 1.31. The molecule has 0 radical (unpaired) electrons. The monoisotopic (exact) mass is 238 g/mol. The fraction of sp³-hybridized carbons (Fsp3) is 0.200. The molecule has 1 aliphatic rings. The highest BCUT2D eigenvalue weighted by Crippen LogP contribution is 2.16. The fourth-order valence-corrected chi connectivity index (χ4v) is 1.31. The van der Waals surface area contributed by atoms with Crippen LogP contribution >= 0.6 is 0 Å². The summed E-state index contributed by atoms with van der Waals surface area (Å²) in [6, 6.07) is 0. The quantitative estimate of drug-likeness (QED) is 0.726. The first kappa shape index (κ1) is 11.2. The second-order valence-corrected chi connectivity index (χ2v) is 3.24. The third-order valence-corrected chi connectivity index (χ3v) is 2.15. The first-order valence-electron chi connectivity index (χ1n) is 4.77. The Kier molecular flexibility index (Phi) is 2.84. The van der Waals surface area contributed by atoms with Crippen molar-refractivity contribution < 1.29 is 14.6 Å². The van der Waals surface area contributed by atoms with Gasteiger partial charge in [-0.05, 0) is 0 Å². The van der Waals surface area contributed by atoms with Crippen LogP contribution in [0.25, 0.3) is 12.0 Å². The molecule has 1 aromatic heterocycles. The zero-order valence-corrected chi connectivity index (χ0v) is 8.75. The van der Waals surface area contributed by atoms with Gasteiger partial charge in [0.05, 0.1) is 5.56 Å². The lowest BCUT2D eigenvalue weighted by atomic mass is 10.3. The second kappa shape index (κ2) is 4.30. The van der Waals surface area contributed by atoms with Crippen molar-refractivity contribution in [2.75, 3.05) is 6.61 Å². The van der Waals surface area contributed by atoms with Gasteiger partial charge < -0.3 is 14.6 Å². The van der Waals surface area contributed by atoms with Crippen LogP contribution in [-0.2, 0) is 9.47 Å². The van der Waals surface area contributed by atoms with Crippen molar-refractivity contribution in [3.63, 3.8) is 0 Å². The highest BCUT2D eigenvalue weighted by molar-refractivity contribution is 5.46. The summed E-state index contributed by atoms with van der Waals surface area (Å²) in [6.07, 6.45) is 2.95. The van der Waals surface area contributed by atoms with Crippen LogP contribution in [0, 0.1) is 0 Å². The molecule has 1 aliphatic heterocycles. The molecule has 2 N–H and O–H groups in total. The van der Waals surface area contributed by atoms with Gasteiger partial charge in [0, 0.05) is 6.20 Å². The average molecular weight is 238 g/mol. The molecule has 17 heavy (non-hydrogen) atoms. The Hall–Kier alpha value is -2.28. The molecule has 0 fully saturated rings. The largest absolute Gasteiger partial charge is 0.454 e. The summed E-state index contributed by atoms with van der Waals surface area (Å²) in [5.74, 6) is 0.0911. The van der Waals surface area contributed by atoms with Gasteiger partial charge in [0.25, 0.3) is 11.8 Å². The minimum absolute atomic E-state index is 0.0911. The van der Waals surface area contributed by atoms with E-state index in [2.05, 4.69) is 11.6 Å². The van der Waals surface area contributed by atoms with E-state index in [1.165, 1.54) is 18.5 Å². The number of nitrogens with zero attached hydrogens (tertiary/aromatic N) is 1. The number of hydrogen-bond acceptors (Lipinski definition) is 5. The summed E-state index contributed by atoms with van der Waals surface area (Å²) < 4.78 is 11.1. The average Bonchev–Trinajstić information content (AvgIpc) is 2.78. The molecule has 7 nitrogen and oxygen atoms in total. The molecule has 0 amide bonds. The normalized spacial score (nSPS) is 18.2. The lowest BCUT2D eigenvalue weighted by Crippen LogP contribution is -2.31. The topological polar surface area (TPSA) is 93.6 Å². The minimum Gasteiger partial charge on any atom is -0.454 e. The molecule has 1 atom stereocenters. The Bertz CT molecular complexity index is 583. The summed E-state index contributed by atoms with van der Waals surface area (Å²) in [4.78, 5) is 24.9. The van der Waals surface area contributed by atoms with Gasteiger partial charge in [0.2, 0.25) is 5.88 Å². The maximum Gasteiger partial charge on any atom is 0.335 e. The van der Waals surface area contributed by atoms with E-state index in [0.717, 1.165) is 4.57 Å². The number of H-pyrrole nitrogens is 1. The predicted octanol–water partition coefficient (Wildman–Crippen LogP) is -0.699. The Morgan fingerprint density at radius 3 is 2.94 bits per heavy atom. The molecule has 90 valence electrons. The van der Waals surface area contributed by atoms with Gasteiger partial charge in [0.1, 0.15) is 12.9 Å². The molecular weight excluding hydrogens is 228 g/mol. The molecule has 1 aromatic rings. The van der Waals surface area contributed by atoms with E-state index in [4.69, 9.17) is 14.6 Å². The number of aromatic nitrogens is 2. The SMILES string of the molecule is C=Cc1cn(C2=COC(CO)O2)c(=O)[nH]c1=O. The summed E-state index contributed by atoms with van der Waals surface area (Å²) in [5.41, 5.74) is -0.963. The van der Waals surface area contributed by atoms with Crippen molar-refractivity contribution in [3.8, 4) is 0 Å². The highest BCUT2D eigenvalue weighted by Gasteiger charge is 2.21. The number of aromatic amines is 1. The Morgan fingerprint density at radius 1 is 1.59 bits per heavy atom. The van der Waals surface area contributed by atoms with Crippen LogP contribution in [0.5, 0.6) is 0 Å². The molecule has 0 saturated heterocycles. The summed E-state index contributed by atoms with van der Waals surface area (Å²) in [6.45, 7) is 3.11. The van der Waals surface area contributed by atoms with Crippen molar-refractivity contribution in [2.45, 2.75) is 6.29 Å². The first-order chi connectivity index (χ1) is 8.15. The van der Waals surface area contributed by atoms with Crippen LogP contribution in [0.1, 0.15) is 5.56 Å². The summed E-state index contributed by atoms with van der Waals surface area (Å²) in [5, 5.41) is 8.80. The van der Waals surface area contributed by atoms with Gasteiger partial charge in [0.15, 0.2) is 0 Å². The third kappa shape index (κ3) is 2.00. The van der Waals surface area contributed by atoms with Crippen molar-refractivity contribution in [2.24, 2.45) is 0 Å². The molecule has 0 aliphatic carbocycles. The molecule has 0 saturated carbocycles. The van der Waals surface area contributed by atoms with E-state index in [1.807, 2.05) is 0 Å². The van der Waals surface area contributed by atoms with Gasteiger partial charge in [-0.2, -0.15) is 0 Å². The Labute approximate surface area is 95.2 Å². The molecule has 0 spiro atoms. The summed E-state index contributed by atoms with van der Waals surface area (Å²) >= 11 is 0. The number of aliphatic hydroxyl groups excluding tert-OH is 1. The van der Waals surface area contributed by atoms with E-state index in [9.17, 15) is 9.59 Å². The molecule has 0 aromatic carbocycles. The van der Waals surface area contributed by atoms with Crippen molar-refractivity contribution >= 4 is 12.0 Å². The molecule has 2 rings (SSSR count). The highest BCUT2D eigenvalue weighted by atomic mass is 16.7. The Morgan fingerprint density at radius 2 is 2.35 bits per heavy atom. The predicted molar refractivity (Wildman–Crippen MR) is 58.7 cm³/mol. The number of nitrogens with one attached hydrogen (secondary N) is 1. The number of hydrogen-bond donors (Lipinski definition) is 2. The van der Waals surface area contributed by atoms with Crippen LogP contribution in [0.15, 0.2) is 28.6 Å². The first-order valence-corrected chi connectivity index (χ1v) is 4.77. The van der Waals surface area contributed by atoms with E-state index in [-0.39, 0.29) is 18.1 Å². The van der Waals surface area contributed by atoms with E-state index in [1.54, 1.807) is 0 Å². The van der Waals surface area contributed by atoms with Crippen LogP contribution in [0.4, 0.5) is 0 Å². The maximum absolute atomic E-state index is 11.5. The van der Waals surface area contributed by atoms with Gasteiger partial charge in [-0.15, -0.1) is 0 Å². The zero-order chi connectivity index (χ0) is 12.4. The van der Waals surface area contributed by atoms with E-state index < -0.39 is 17.5 Å². The minimum atomic E-state index is -0.837. The third-order valence-electron chi connectivity index (χ3n) is 2.15. The van der Waals surface area contributed by atoms with Crippen LogP contribution < -0.4 is 11.2 Å². The van der Waals surface area contributed by atoms with Crippen LogP contribution in [-0.4, -0.2) is 27.6 Å². The smallest absolute Gasteiger partial charge is 0.335 e. The van der Waals surface area contributed by atoms with E-state index in [0.29, 0.717) is 0 Å². The second-order valence-electron chi connectivity index (χ2n) is 3.24. The lowest BCUT2D eigenvalue weighted by molar-refractivity contribution is -0.0555. The molecular formula is C10H10N2O5. The molecule has 0 bridgehead atoms. The van der Waals surface area contributed by atoms with Crippen molar-refractivity contribution in [3.05, 3.63) is 45.4 Å². The molecule has 1 unspecified atom stereocenters. The molecule has 7 heteroatoms. The van der Waals surface area contributed by atoms with Gasteiger partial charge in [-0.3, -0.25) is 9.78 Å². The van der Waals surface area contributed by atoms with Crippen molar-refractivity contribution in [1.82, 2.24) is 9.55 Å². The number of rotatable bonds is 3. The molecule has 2 heterocycles. The van der Waals surface area contributed by atoms with Crippen molar-refractivity contribution in [1.29, 1.82) is 0 Å². The number of aliphatic hydroxyl groups is 1. The van der Waals surface area contributed by atoms with Crippen LogP contribution in [0.3, 0.4) is 0 Å². The lowest BCUT2D eigenvalue weighted by Gasteiger charge is -2.09. The Balaban J connectivity index is 2.44. The zero-order valence-electron chi connectivity index (χ0n) is 8.75. The van der Waals surface area contributed by atoms with E-state index >= 15 is 0 Å². The van der Waals surface area contributed by atoms with Crippen LogP contribution in [0.2, 0.25) is 0 Å². The van der Waals surface area contributed by atoms with Gasteiger partial charge in [-0.25, -0.2) is 9.36 Å². The number of ether oxygens (including phenoxy) is 2. The standard InChI is InChI=1S/C10H10N2O5/c1-2-6-3-12(10(15)11-9(6)14)7-5-16-8(4-13)17-7/h2-3,5,8,13H,1,4H2,(H,11,14,15). The maximum atomic E-state index is 11.5.